The predicted molar refractivity (Wildman–Crippen MR) is 45.4 cm³/mol. The first kappa shape index (κ1) is 8.49. The van der Waals surface area contributed by atoms with Gasteiger partial charge in [-0.3, -0.25) is 5.10 Å². The Morgan fingerprint density at radius 2 is 2.50 bits per heavy atom. The fourth-order valence-corrected chi connectivity index (χ4v) is 0.972. The number of nitrogens with one attached hydrogen (secondary N) is 1. The molecular weight excluding hydrogens is 186 g/mol. The monoisotopic (exact) mass is 193 g/mol. The van der Waals surface area contributed by atoms with Crippen LogP contribution in [-0.4, -0.2) is 28.3 Å². The van der Waals surface area contributed by atoms with Crippen molar-refractivity contribution in [2.24, 2.45) is 0 Å². The number of esters is 1. The first-order valence-corrected chi connectivity index (χ1v) is 3.84. The minimum absolute atomic E-state index is 0.142. The van der Waals surface area contributed by atoms with Crippen LogP contribution in [0.1, 0.15) is 10.5 Å². The van der Waals surface area contributed by atoms with Gasteiger partial charge in [0.1, 0.15) is 6.26 Å². The molecule has 6 nitrogen and oxygen atoms in total. The maximum Gasteiger partial charge on any atom is 0.360 e. The Balaban J connectivity index is 2.31. The van der Waals surface area contributed by atoms with Gasteiger partial charge in [0.25, 0.3) is 0 Å². The van der Waals surface area contributed by atoms with Crippen molar-refractivity contribution in [1.82, 2.24) is 15.2 Å². The molecular formula is C8H7N3O3. The van der Waals surface area contributed by atoms with Crippen LogP contribution in [0, 0.1) is 0 Å². The van der Waals surface area contributed by atoms with E-state index in [-0.39, 0.29) is 5.69 Å². The van der Waals surface area contributed by atoms with Crippen LogP contribution in [0.4, 0.5) is 0 Å². The standard InChI is InChI=1S/C8H7N3O3/c1-13-8(12)6-4-14-7(11-6)5-2-9-10-3-5/h2-4H,1H3,(H,9,10). The third-order valence-electron chi connectivity index (χ3n) is 1.64. The van der Waals surface area contributed by atoms with Crippen molar-refractivity contribution in [1.29, 1.82) is 0 Å². The number of aromatic nitrogens is 3. The highest BCUT2D eigenvalue weighted by atomic mass is 16.5. The summed E-state index contributed by atoms with van der Waals surface area (Å²) in [5, 5.41) is 6.35. The van der Waals surface area contributed by atoms with Gasteiger partial charge in [0.15, 0.2) is 5.69 Å². The maximum atomic E-state index is 11.0. The van der Waals surface area contributed by atoms with Crippen molar-refractivity contribution in [2.45, 2.75) is 0 Å². The van der Waals surface area contributed by atoms with Gasteiger partial charge in [-0.15, -0.1) is 0 Å². The lowest BCUT2D eigenvalue weighted by Gasteiger charge is -1.89. The Hall–Kier alpha value is -2.11. The van der Waals surface area contributed by atoms with Gasteiger partial charge in [0.2, 0.25) is 5.89 Å². The van der Waals surface area contributed by atoms with Gasteiger partial charge in [0.05, 0.1) is 18.9 Å². The first-order valence-electron chi connectivity index (χ1n) is 3.84. The molecule has 0 atom stereocenters. The van der Waals surface area contributed by atoms with Gasteiger partial charge in [-0.25, -0.2) is 9.78 Å². The molecule has 0 aliphatic rings. The van der Waals surface area contributed by atoms with Crippen molar-refractivity contribution in [2.75, 3.05) is 7.11 Å². The van der Waals surface area contributed by atoms with Crippen molar-refractivity contribution < 1.29 is 13.9 Å². The molecule has 0 bridgehead atoms. The summed E-state index contributed by atoms with van der Waals surface area (Å²) in [6.45, 7) is 0. The van der Waals surface area contributed by atoms with Gasteiger partial charge < -0.3 is 9.15 Å². The number of carbonyl (C=O) groups is 1. The highest BCUT2D eigenvalue weighted by Crippen LogP contribution is 2.16. The van der Waals surface area contributed by atoms with Crippen molar-refractivity contribution in [3.8, 4) is 11.5 Å². The van der Waals surface area contributed by atoms with Crippen LogP contribution >= 0.6 is 0 Å². The van der Waals surface area contributed by atoms with Crippen LogP contribution in [0.2, 0.25) is 0 Å². The molecule has 0 aromatic carbocycles. The maximum absolute atomic E-state index is 11.0. The van der Waals surface area contributed by atoms with Crippen LogP contribution in [0.15, 0.2) is 23.1 Å². The fourth-order valence-electron chi connectivity index (χ4n) is 0.972. The van der Waals surface area contributed by atoms with E-state index in [2.05, 4.69) is 19.9 Å². The number of methoxy groups -OCH3 is 1. The van der Waals surface area contributed by atoms with E-state index in [9.17, 15) is 4.79 Å². The van der Waals surface area contributed by atoms with Crippen LogP contribution in [0.5, 0.6) is 0 Å². The largest absolute Gasteiger partial charge is 0.464 e. The Morgan fingerprint density at radius 3 is 3.14 bits per heavy atom. The van der Waals surface area contributed by atoms with Gasteiger partial charge in [-0.2, -0.15) is 5.10 Å². The number of ether oxygens (including phenoxy) is 1. The van der Waals surface area contributed by atoms with E-state index in [1.54, 1.807) is 12.4 Å². The average Bonchev–Trinajstić information content (AvgIpc) is 2.86. The molecule has 0 spiro atoms. The first-order chi connectivity index (χ1) is 6.81. The van der Waals surface area contributed by atoms with E-state index < -0.39 is 5.97 Å². The van der Waals surface area contributed by atoms with E-state index >= 15 is 0 Å². The molecule has 0 fully saturated rings. The third-order valence-corrected chi connectivity index (χ3v) is 1.64. The predicted octanol–water partition coefficient (Wildman–Crippen LogP) is 0.851. The summed E-state index contributed by atoms with van der Waals surface area (Å²) in [6.07, 6.45) is 4.41. The number of aromatic amines is 1. The Bertz CT molecular complexity index is 432. The van der Waals surface area contributed by atoms with Gasteiger partial charge >= 0.3 is 5.97 Å². The topological polar surface area (TPSA) is 81.0 Å². The SMILES string of the molecule is COC(=O)c1coc(-c2cn[nH]c2)n1. The number of rotatable bonds is 2. The quantitative estimate of drug-likeness (QED) is 0.715. The lowest BCUT2D eigenvalue weighted by atomic mass is 10.4. The van der Waals surface area contributed by atoms with E-state index in [0.29, 0.717) is 11.5 Å². The second-order valence-electron chi connectivity index (χ2n) is 2.52. The van der Waals surface area contributed by atoms with Gasteiger partial charge in [-0.05, 0) is 0 Å². The summed E-state index contributed by atoms with van der Waals surface area (Å²) in [4.78, 5) is 15.0. The molecule has 0 saturated carbocycles. The summed E-state index contributed by atoms with van der Waals surface area (Å²) in [5.41, 5.74) is 0.823. The number of oxazole rings is 1. The molecule has 0 unspecified atom stereocenters. The molecule has 72 valence electrons. The second-order valence-corrected chi connectivity index (χ2v) is 2.52. The van der Waals surface area contributed by atoms with Crippen molar-refractivity contribution in [3.05, 3.63) is 24.4 Å². The molecule has 14 heavy (non-hydrogen) atoms. The van der Waals surface area contributed by atoms with E-state index in [1.165, 1.54) is 13.4 Å². The van der Waals surface area contributed by atoms with Gasteiger partial charge in [0, 0.05) is 6.20 Å². The number of nitrogens with zero attached hydrogens (tertiary/aromatic N) is 2. The lowest BCUT2D eigenvalue weighted by Crippen LogP contribution is -2.00. The van der Waals surface area contributed by atoms with Crippen molar-refractivity contribution in [3.63, 3.8) is 0 Å². The minimum Gasteiger partial charge on any atom is -0.464 e. The highest BCUT2D eigenvalue weighted by Gasteiger charge is 2.13. The highest BCUT2D eigenvalue weighted by molar-refractivity contribution is 5.87. The van der Waals surface area contributed by atoms with Gasteiger partial charge in [-0.1, -0.05) is 0 Å². The third kappa shape index (κ3) is 1.37. The molecule has 0 amide bonds. The molecule has 0 radical (unpaired) electrons. The van der Waals surface area contributed by atoms with Crippen molar-refractivity contribution >= 4 is 5.97 Å². The Morgan fingerprint density at radius 1 is 1.64 bits per heavy atom. The van der Waals surface area contributed by atoms with Crippen LogP contribution in [0.3, 0.4) is 0 Å². The summed E-state index contributed by atoms with van der Waals surface area (Å²) >= 11 is 0. The lowest BCUT2D eigenvalue weighted by molar-refractivity contribution is 0.0594. The van der Waals surface area contributed by atoms with E-state index in [0.717, 1.165) is 0 Å². The summed E-state index contributed by atoms with van der Waals surface area (Å²) in [7, 11) is 1.29. The molecule has 6 heteroatoms. The molecule has 1 N–H and O–H groups in total. The Kier molecular flexibility index (Phi) is 2.02. The normalized spacial score (nSPS) is 10.1. The number of carbonyl (C=O) groups excluding carboxylic acids is 1. The van der Waals surface area contributed by atoms with E-state index in [1.807, 2.05) is 0 Å². The minimum atomic E-state index is -0.525. The van der Waals surface area contributed by atoms with Crippen LogP contribution in [0.25, 0.3) is 11.5 Å². The smallest absolute Gasteiger partial charge is 0.360 e. The number of H-pyrrole nitrogens is 1. The zero-order valence-corrected chi connectivity index (χ0v) is 7.35. The number of hydrogen-bond acceptors (Lipinski definition) is 5. The molecule has 2 aromatic rings. The molecule has 2 heterocycles. The molecule has 2 rings (SSSR count). The van der Waals surface area contributed by atoms with Crippen LogP contribution in [-0.2, 0) is 4.74 Å². The second kappa shape index (κ2) is 3.33. The summed E-state index contributed by atoms with van der Waals surface area (Å²) in [5.74, 6) is -0.192. The fraction of sp³-hybridized carbons (Fsp3) is 0.125. The molecule has 0 aliphatic carbocycles. The summed E-state index contributed by atoms with van der Waals surface area (Å²) in [6, 6.07) is 0. The zero-order valence-electron chi connectivity index (χ0n) is 7.35. The molecule has 0 saturated heterocycles. The summed E-state index contributed by atoms with van der Waals surface area (Å²) < 4.78 is 9.54. The Labute approximate surface area is 78.9 Å². The average molecular weight is 193 g/mol. The molecule has 2 aromatic heterocycles. The van der Waals surface area contributed by atoms with Crippen LogP contribution < -0.4 is 0 Å². The van der Waals surface area contributed by atoms with E-state index in [4.69, 9.17) is 4.42 Å². The number of hydrogen-bond donors (Lipinski definition) is 1. The zero-order chi connectivity index (χ0) is 9.97. The molecule has 0 aliphatic heterocycles.